The summed E-state index contributed by atoms with van der Waals surface area (Å²) in [5.74, 6) is 0.141. The van der Waals surface area contributed by atoms with Crippen LogP contribution in [0, 0.1) is 5.82 Å². The molecule has 1 aromatic rings. The summed E-state index contributed by atoms with van der Waals surface area (Å²) in [6, 6.07) is 4.27. The Morgan fingerprint density at radius 1 is 1.57 bits per heavy atom. The molecule has 1 atom stereocenters. The van der Waals surface area contributed by atoms with Crippen molar-refractivity contribution in [1.29, 1.82) is 0 Å². The van der Waals surface area contributed by atoms with E-state index in [2.05, 4.69) is 15.9 Å². The minimum absolute atomic E-state index is 0.106. The van der Waals surface area contributed by atoms with Gasteiger partial charge in [-0.25, -0.2) is 4.39 Å². The van der Waals surface area contributed by atoms with E-state index in [1.165, 1.54) is 18.2 Å². The largest absolute Gasteiger partial charge is 0.491 e. The molecule has 0 saturated heterocycles. The Labute approximate surface area is 89.8 Å². The number of halogens is 2. The normalized spacial score (nSPS) is 12.6. The Hall–Kier alpha value is -0.650. The first-order valence-corrected chi connectivity index (χ1v) is 4.88. The molecular weight excluding hydrogens is 253 g/mol. The number of aliphatic hydroxyl groups is 1. The highest BCUT2D eigenvalue weighted by atomic mass is 79.9. The van der Waals surface area contributed by atoms with E-state index in [0.717, 1.165) is 0 Å². The van der Waals surface area contributed by atoms with Crippen molar-refractivity contribution < 1.29 is 14.2 Å². The highest BCUT2D eigenvalue weighted by Crippen LogP contribution is 2.21. The molecule has 1 rings (SSSR count). The van der Waals surface area contributed by atoms with Crippen LogP contribution in [0.15, 0.2) is 22.7 Å². The molecule has 0 aliphatic carbocycles. The quantitative estimate of drug-likeness (QED) is 0.861. The molecule has 0 bridgehead atoms. The zero-order valence-electron chi connectivity index (χ0n) is 7.41. The summed E-state index contributed by atoms with van der Waals surface area (Å²) in [5, 5.41) is 9.11. The Morgan fingerprint density at radius 2 is 2.29 bits per heavy atom. The summed E-state index contributed by atoms with van der Waals surface area (Å²) in [4.78, 5) is 0. The predicted octanol–water partition coefficient (Wildman–Crippen LogP) is 1.29. The highest BCUT2D eigenvalue weighted by molar-refractivity contribution is 9.10. The fourth-order valence-corrected chi connectivity index (χ4v) is 1.18. The first-order valence-electron chi connectivity index (χ1n) is 4.09. The average Bonchev–Trinajstić information content (AvgIpc) is 2.19. The number of rotatable bonds is 4. The molecule has 14 heavy (non-hydrogen) atoms. The van der Waals surface area contributed by atoms with Gasteiger partial charge in [-0.2, -0.15) is 0 Å². The molecule has 0 fully saturated rings. The lowest BCUT2D eigenvalue weighted by atomic mass is 10.3. The van der Waals surface area contributed by atoms with Crippen LogP contribution in [0.2, 0.25) is 0 Å². The lowest BCUT2D eigenvalue weighted by molar-refractivity contribution is 0.114. The van der Waals surface area contributed by atoms with Gasteiger partial charge in [0.1, 0.15) is 24.3 Å². The fourth-order valence-electron chi connectivity index (χ4n) is 0.827. The second kappa shape index (κ2) is 5.29. The molecule has 3 nitrogen and oxygen atoms in total. The molecule has 5 heteroatoms. The van der Waals surface area contributed by atoms with Crippen LogP contribution >= 0.6 is 15.9 Å². The number of hydrogen-bond acceptors (Lipinski definition) is 3. The molecule has 0 spiro atoms. The van der Waals surface area contributed by atoms with Crippen molar-refractivity contribution >= 4 is 15.9 Å². The summed E-state index contributed by atoms with van der Waals surface area (Å²) >= 11 is 3.03. The molecule has 1 unspecified atom stereocenters. The van der Waals surface area contributed by atoms with E-state index in [4.69, 9.17) is 15.6 Å². The first-order chi connectivity index (χ1) is 6.63. The van der Waals surface area contributed by atoms with Crippen molar-refractivity contribution in [2.45, 2.75) is 6.10 Å². The number of nitrogens with two attached hydrogens (primary N) is 1. The number of aliphatic hydroxyl groups excluding tert-OH is 1. The average molecular weight is 264 g/mol. The van der Waals surface area contributed by atoms with Gasteiger partial charge in [-0.3, -0.25) is 0 Å². The number of benzene rings is 1. The summed E-state index contributed by atoms with van der Waals surface area (Å²) < 4.78 is 18.3. The van der Waals surface area contributed by atoms with E-state index in [1.54, 1.807) is 0 Å². The minimum atomic E-state index is -0.696. The number of ether oxygens (including phenoxy) is 1. The standard InChI is InChI=1S/C9H11BrFNO2/c10-8-3-7(1-2-9(8)11)14-5-6(13)4-12/h1-3,6,13H,4-5,12H2. The first kappa shape index (κ1) is 11.4. The molecule has 0 heterocycles. The zero-order valence-corrected chi connectivity index (χ0v) is 9.00. The van der Waals surface area contributed by atoms with Crippen molar-refractivity contribution in [3.05, 3.63) is 28.5 Å². The summed E-state index contributed by atoms with van der Waals surface area (Å²) in [6.07, 6.45) is -0.696. The Balaban J connectivity index is 2.55. The molecule has 3 N–H and O–H groups in total. The van der Waals surface area contributed by atoms with Gasteiger partial charge in [0.2, 0.25) is 0 Å². The molecule has 0 aliphatic rings. The zero-order chi connectivity index (χ0) is 10.6. The van der Waals surface area contributed by atoms with Crippen molar-refractivity contribution in [2.75, 3.05) is 13.2 Å². The van der Waals surface area contributed by atoms with E-state index < -0.39 is 6.10 Å². The molecule has 0 aliphatic heterocycles. The SMILES string of the molecule is NCC(O)COc1ccc(F)c(Br)c1. The van der Waals surface area contributed by atoms with Crippen LogP contribution in [-0.4, -0.2) is 24.4 Å². The Bertz CT molecular complexity index is 309. The third-order valence-electron chi connectivity index (χ3n) is 1.61. The predicted molar refractivity (Wildman–Crippen MR) is 54.7 cm³/mol. The second-order valence-electron chi connectivity index (χ2n) is 2.78. The van der Waals surface area contributed by atoms with E-state index in [9.17, 15) is 4.39 Å². The number of hydrogen-bond donors (Lipinski definition) is 2. The van der Waals surface area contributed by atoms with Gasteiger partial charge >= 0.3 is 0 Å². The highest BCUT2D eigenvalue weighted by Gasteiger charge is 2.04. The van der Waals surface area contributed by atoms with Gasteiger partial charge in [-0.15, -0.1) is 0 Å². The van der Waals surface area contributed by atoms with Gasteiger partial charge in [0.25, 0.3) is 0 Å². The Kier molecular flexibility index (Phi) is 4.31. The van der Waals surface area contributed by atoms with Crippen LogP contribution in [0.5, 0.6) is 5.75 Å². The van der Waals surface area contributed by atoms with Gasteiger partial charge in [0.15, 0.2) is 0 Å². The molecule has 1 aromatic carbocycles. The van der Waals surface area contributed by atoms with E-state index in [1.807, 2.05) is 0 Å². The van der Waals surface area contributed by atoms with Crippen LogP contribution in [0.1, 0.15) is 0 Å². The third-order valence-corrected chi connectivity index (χ3v) is 2.21. The lowest BCUT2D eigenvalue weighted by Crippen LogP contribution is -2.26. The summed E-state index contributed by atoms with van der Waals surface area (Å²) in [6.45, 7) is 0.247. The van der Waals surface area contributed by atoms with Crippen molar-refractivity contribution in [2.24, 2.45) is 5.73 Å². The van der Waals surface area contributed by atoms with Crippen LogP contribution in [-0.2, 0) is 0 Å². The molecule has 0 radical (unpaired) electrons. The maximum Gasteiger partial charge on any atom is 0.137 e. The van der Waals surface area contributed by atoms with E-state index in [-0.39, 0.29) is 19.0 Å². The van der Waals surface area contributed by atoms with Crippen molar-refractivity contribution in [3.8, 4) is 5.75 Å². The van der Waals surface area contributed by atoms with Crippen LogP contribution < -0.4 is 10.5 Å². The third kappa shape index (κ3) is 3.25. The summed E-state index contributed by atoms with van der Waals surface area (Å²) in [5.41, 5.74) is 5.19. The topological polar surface area (TPSA) is 55.5 Å². The maximum atomic E-state index is 12.8. The lowest BCUT2D eigenvalue weighted by Gasteiger charge is -2.10. The molecular formula is C9H11BrFNO2. The minimum Gasteiger partial charge on any atom is -0.491 e. The van der Waals surface area contributed by atoms with E-state index >= 15 is 0 Å². The second-order valence-corrected chi connectivity index (χ2v) is 3.63. The summed E-state index contributed by atoms with van der Waals surface area (Å²) in [7, 11) is 0. The van der Waals surface area contributed by atoms with E-state index in [0.29, 0.717) is 10.2 Å². The van der Waals surface area contributed by atoms with Crippen LogP contribution in [0.4, 0.5) is 4.39 Å². The smallest absolute Gasteiger partial charge is 0.137 e. The van der Waals surface area contributed by atoms with Gasteiger partial charge < -0.3 is 15.6 Å². The molecule has 0 amide bonds. The molecule has 0 aromatic heterocycles. The van der Waals surface area contributed by atoms with Gasteiger partial charge in [0.05, 0.1) is 4.47 Å². The molecule has 0 saturated carbocycles. The van der Waals surface area contributed by atoms with Gasteiger partial charge in [-0.05, 0) is 34.1 Å². The van der Waals surface area contributed by atoms with Crippen molar-refractivity contribution in [3.63, 3.8) is 0 Å². The maximum absolute atomic E-state index is 12.8. The van der Waals surface area contributed by atoms with Gasteiger partial charge in [-0.1, -0.05) is 0 Å². The monoisotopic (exact) mass is 263 g/mol. The van der Waals surface area contributed by atoms with Crippen molar-refractivity contribution in [1.82, 2.24) is 0 Å². The Morgan fingerprint density at radius 3 is 2.86 bits per heavy atom. The molecule has 78 valence electrons. The fraction of sp³-hybridized carbons (Fsp3) is 0.333. The van der Waals surface area contributed by atoms with Gasteiger partial charge in [0, 0.05) is 6.54 Å². The van der Waals surface area contributed by atoms with Crippen LogP contribution in [0.25, 0.3) is 0 Å². The van der Waals surface area contributed by atoms with Crippen LogP contribution in [0.3, 0.4) is 0 Å².